The Bertz CT molecular complexity index is 364. The molecule has 3 nitrogen and oxygen atoms in total. The van der Waals surface area contributed by atoms with Gasteiger partial charge in [0.25, 0.3) is 0 Å². The number of esters is 1. The monoisotopic (exact) mass is 320 g/mol. The van der Waals surface area contributed by atoms with Gasteiger partial charge in [0, 0.05) is 4.88 Å². The Labute approximate surface area is 114 Å². The summed E-state index contributed by atoms with van der Waals surface area (Å²) in [6.07, 6.45) is 1.78. The lowest BCUT2D eigenvalue weighted by atomic mass is 9.95. The highest BCUT2D eigenvalue weighted by molar-refractivity contribution is 9.11. The second kappa shape index (κ2) is 7.13. The minimum Gasteiger partial charge on any atom is -0.469 e. The molecule has 96 valence electrons. The zero-order valence-electron chi connectivity index (χ0n) is 9.98. The SMILES string of the molecule is CCCCC(C(=O)OC)C(O)c1ccc(Br)s1. The molecule has 0 saturated carbocycles. The molecular weight excluding hydrogens is 304 g/mol. The minimum absolute atomic E-state index is 0.338. The average Bonchev–Trinajstić information content (AvgIpc) is 2.75. The van der Waals surface area contributed by atoms with E-state index in [0.717, 1.165) is 21.5 Å². The smallest absolute Gasteiger partial charge is 0.311 e. The normalized spacial score (nSPS) is 14.4. The van der Waals surface area contributed by atoms with Crippen LogP contribution in [-0.2, 0) is 9.53 Å². The van der Waals surface area contributed by atoms with Crippen LogP contribution in [0.3, 0.4) is 0 Å². The zero-order chi connectivity index (χ0) is 12.8. The molecule has 1 aromatic heterocycles. The van der Waals surface area contributed by atoms with E-state index in [2.05, 4.69) is 22.9 Å². The zero-order valence-corrected chi connectivity index (χ0v) is 12.4. The summed E-state index contributed by atoms with van der Waals surface area (Å²) < 4.78 is 5.70. The number of rotatable bonds is 6. The van der Waals surface area contributed by atoms with Gasteiger partial charge in [-0.1, -0.05) is 19.8 Å². The van der Waals surface area contributed by atoms with E-state index >= 15 is 0 Å². The van der Waals surface area contributed by atoms with Gasteiger partial charge in [0.1, 0.15) is 6.10 Å². The van der Waals surface area contributed by atoms with E-state index in [1.807, 2.05) is 12.1 Å². The van der Waals surface area contributed by atoms with E-state index in [4.69, 9.17) is 4.74 Å². The van der Waals surface area contributed by atoms with E-state index in [1.54, 1.807) is 0 Å². The van der Waals surface area contributed by atoms with Crippen LogP contribution in [0.1, 0.15) is 37.2 Å². The number of methoxy groups -OCH3 is 1. The number of carbonyl (C=O) groups is 1. The summed E-state index contributed by atoms with van der Waals surface area (Å²) in [6, 6.07) is 3.71. The lowest BCUT2D eigenvalue weighted by molar-refractivity contribution is -0.150. The van der Waals surface area contributed by atoms with Gasteiger partial charge in [-0.3, -0.25) is 4.79 Å². The Morgan fingerprint density at radius 1 is 1.59 bits per heavy atom. The van der Waals surface area contributed by atoms with Gasteiger partial charge in [-0.25, -0.2) is 0 Å². The average molecular weight is 321 g/mol. The highest BCUT2D eigenvalue weighted by Gasteiger charge is 2.29. The molecule has 0 aliphatic heterocycles. The summed E-state index contributed by atoms with van der Waals surface area (Å²) in [5.41, 5.74) is 0. The highest BCUT2D eigenvalue weighted by atomic mass is 79.9. The van der Waals surface area contributed by atoms with E-state index < -0.39 is 12.0 Å². The number of hydrogen-bond acceptors (Lipinski definition) is 4. The molecule has 0 aromatic carbocycles. The van der Waals surface area contributed by atoms with Crippen LogP contribution in [0.5, 0.6) is 0 Å². The Hall–Kier alpha value is -0.390. The Morgan fingerprint density at radius 3 is 2.76 bits per heavy atom. The maximum atomic E-state index is 11.7. The van der Waals surface area contributed by atoms with Crippen molar-refractivity contribution in [2.45, 2.75) is 32.3 Å². The third-order valence-corrected chi connectivity index (χ3v) is 4.33. The fourth-order valence-electron chi connectivity index (χ4n) is 1.67. The van der Waals surface area contributed by atoms with Gasteiger partial charge < -0.3 is 9.84 Å². The fourth-order valence-corrected chi connectivity index (χ4v) is 3.14. The van der Waals surface area contributed by atoms with Gasteiger partial charge in [0.2, 0.25) is 0 Å². The molecule has 0 aliphatic rings. The number of aliphatic hydroxyl groups excluding tert-OH is 1. The van der Waals surface area contributed by atoms with Crippen molar-refractivity contribution in [2.75, 3.05) is 7.11 Å². The minimum atomic E-state index is -0.773. The van der Waals surface area contributed by atoms with Crippen molar-refractivity contribution in [3.8, 4) is 0 Å². The molecule has 0 fully saturated rings. The van der Waals surface area contributed by atoms with Crippen molar-refractivity contribution in [3.63, 3.8) is 0 Å². The first-order valence-electron chi connectivity index (χ1n) is 5.61. The summed E-state index contributed by atoms with van der Waals surface area (Å²) in [5, 5.41) is 10.2. The number of aliphatic hydroxyl groups is 1. The molecule has 0 aliphatic carbocycles. The number of halogens is 1. The molecule has 2 unspecified atom stereocenters. The second-order valence-electron chi connectivity index (χ2n) is 3.86. The van der Waals surface area contributed by atoms with Crippen LogP contribution in [-0.4, -0.2) is 18.2 Å². The largest absolute Gasteiger partial charge is 0.469 e. The van der Waals surface area contributed by atoms with E-state index in [1.165, 1.54) is 18.4 Å². The van der Waals surface area contributed by atoms with Gasteiger partial charge in [0.05, 0.1) is 16.8 Å². The maximum absolute atomic E-state index is 11.7. The predicted molar refractivity (Wildman–Crippen MR) is 72.0 cm³/mol. The van der Waals surface area contributed by atoms with Crippen molar-refractivity contribution in [2.24, 2.45) is 5.92 Å². The van der Waals surface area contributed by atoms with Crippen molar-refractivity contribution in [1.29, 1.82) is 0 Å². The number of unbranched alkanes of at least 4 members (excludes halogenated alkanes) is 1. The van der Waals surface area contributed by atoms with Crippen LogP contribution >= 0.6 is 27.3 Å². The Balaban J connectivity index is 2.78. The van der Waals surface area contributed by atoms with Crippen LogP contribution in [0.4, 0.5) is 0 Å². The number of hydrogen-bond donors (Lipinski definition) is 1. The molecule has 5 heteroatoms. The van der Waals surface area contributed by atoms with Gasteiger partial charge in [-0.15, -0.1) is 11.3 Å². The number of ether oxygens (including phenoxy) is 1. The van der Waals surface area contributed by atoms with E-state index in [9.17, 15) is 9.90 Å². The molecule has 17 heavy (non-hydrogen) atoms. The molecular formula is C12H17BrO3S. The van der Waals surface area contributed by atoms with Crippen LogP contribution in [0, 0.1) is 5.92 Å². The lowest BCUT2D eigenvalue weighted by Crippen LogP contribution is -2.23. The van der Waals surface area contributed by atoms with Crippen molar-refractivity contribution >= 4 is 33.2 Å². The topological polar surface area (TPSA) is 46.5 Å². The first-order valence-corrected chi connectivity index (χ1v) is 7.22. The number of thiophene rings is 1. The first kappa shape index (κ1) is 14.7. The molecule has 0 saturated heterocycles. The quantitative estimate of drug-likeness (QED) is 0.816. The summed E-state index contributed by atoms with van der Waals surface area (Å²) in [6.45, 7) is 2.06. The summed E-state index contributed by atoms with van der Waals surface area (Å²) in [4.78, 5) is 12.4. The van der Waals surface area contributed by atoms with Crippen molar-refractivity contribution in [1.82, 2.24) is 0 Å². The van der Waals surface area contributed by atoms with Crippen molar-refractivity contribution < 1.29 is 14.6 Å². The van der Waals surface area contributed by atoms with Crippen LogP contribution in [0.25, 0.3) is 0 Å². The third-order valence-electron chi connectivity index (χ3n) is 2.64. The van der Waals surface area contributed by atoms with Gasteiger partial charge in [-0.05, 0) is 34.5 Å². The van der Waals surface area contributed by atoms with Gasteiger partial charge >= 0.3 is 5.97 Å². The Kier molecular flexibility index (Phi) is 6.16. The van der Waals surface area contributed by atoms with Crippen LogP contribution < -0.4 is 0 Å². The molecule has 0 bridgehead atoms. The lowest BCUT2D eigenvalue weighted by Gasteiger charge is -2.19. The second-order valence-corrected chi connectivity index (χ2v) is 6.35. The van der Waals surface area contributed by atoms with Crippen LogP contribution in [0.15, 0.2) is 15.9 Å². The molecule has 0 radical (unpaired) electrons. The van der Waals surface area contributed by atoms with Crippen molar-refractivity contribution in [3.05, 3.63) is 20.8 Å². The van der Waals surface area contributed by atoms with E-state index in [-0.39, 0.29) is 5.97 Å². The molecule has 1 N–H and O–H groups in total. The number of carbonyl (C=O) groups excluding carboxylic acids is 1. The molecule has 0 spiro atoms. The summed E-state index contributed by atoms with van der Waals surface area (Å²) in [7, 11) is 1.36. The highest BCUT2D eigenvalue weighted by Crippen LogP contribution is 2.33. The Morgan fingerprint density at radius 2 is 2.29 bits per heavy atom. The molecule has 0 amide bonds. The van der Waals surface area contributed by atoms with Gasteiger partial charge in [0.15, 0.2) is 0 Å². The van der Waals surface area contributed by atoms with Crippen LogP contribution in [0.2, 0.25) is 0 Å². The summed E-state index contributed by atoms with van der Waals surface area (Å²) in [5.74, 6) is -0.805. The van der Waals surface area contributed by atoms with E-state index in [0.29, 0.717) is 6.42 Å². The third kappa shape index (κ3) is 4.08. The molecule has 1 heterocycles. The van der Waals surface area contributed by atoms with Gasteiger partial charge in [-0.2, -0.15) is 0 Å². The molecule has 2 atom stereocenters. The maximum Gasteiger partial charge on any atom is 0.311 e. The molecule has 1 aromatic rings. The first-order chi connectivity index (χ1) is 8.10. The summed E-state index contributed by atoms with van der Waals surface area (Å²) >= 11 is 4.79. The predicted octanol–water partition coefficient (Wildman–Crippen LogP) is 3.52. The molecule has 1 rings (SSSR count). The fraction of sp³-hybridized carbons (Fsp3) is 0.583. The standard InChI is InChI=1S/C12H17BrO3S/c1-3-4-5-8(12(15)16-2)11(14)9-6-7-10(13)17-9/h6-8,11,14H,3-5H2,1-2H3.